The smallest absolute Gasteiger partial charge is 0.199 e. The second-order valence-corrected chi connectivity index (χ2v) is 4.95. The van der Waals surface area contributed by atoms with E-state index in [4.69, 9.17) is 5.26 Å². The first-order valence-corrected chi connectivity index (χ1v) is 6.78. The quantitative estimate of drug-likeness (QED) is 0.942. The number of phenolic OH excluding ortho intramolecular Hbond substituents is 1. The summed E-state index contributed by atoms with van der Waals surface area (Å²) >= 11 is 0. The Morgan fingerprint density at radius 1 is 1.18 bits per heavy atom. The second kappa shape index (κ2) is 5.34. The van der Waals surface area contributed by atoms with Gasteiger partial charge >= 0.3 is 0 Å². The molecular weight excluding hydrogens is 280 g/mol. The van der Waals surface area contributed by atoms with E-state index in [1.54, 1.807) is 22.9 Å². The van der Waals surface area contributed by atoms with Crippen molar-refractivity contribution in [3.63, 3.8) is 0 Å². The highest BCUT2D eigenvalue weighted by atomic mass is 16.3. The highest BCUT2D eigenvalue weighted by Gasteiger charge is 2.30. The maximum Gasteiger partial charge on any atom is 0.199 e. The summed E-state index contributed by atoms with van der Waals surface area (Å²) in [6.45, 7) is 0.436. The molecule has 22 heavy (non-hydrogen) atoms. The summed E-state index contributed by atoms with van der Waals surface area (Å²) in [5.74, 6) is -0.894. The van der Waals surface area contributed by atoms with Crippen LogP contribution in [0.1, 0.15) is 32.8 Å². The van der Waals surface area contributed by atoms with Crippen LogP contribution in [0.15, 0.2) is 42.6 Å². The number of carbonyl (C=O) groups excluding carboxylic acids is 2. The molecule has 1 N–H and O–H groups in total. The van der Waals surface area contributed by atoms with E-state index >= 15 is 0 Å². The monoisotopic (exact) mass is 292 g/mol. The van der Waals surface area contributed by atoms with Gasteiger partial charge in [0.1, 0.15) is 5.75 Å². The molecule has 1 heterocycles. The van der Waals surface area contributed by atoms with Crippen molar-refractivity contribution in [2.75, 3.05) is 0 Å². The maximum atomic E-state index is 12.6. The molecule has 0 bridgehead atoms. The molecule has 0 aliphatic heterocycles. The van der Waals surface area contributed by atoms with Crippen LogP contribution in [0.25, 0.3) is 5.57 Å². The zero-order valence-corrected chi connectivity index (χ0v) is 11.6. The lowest BCUT2D eigenvalue weighted by Crippen LogP contribution is -2.18. The number of carbonyl (C=O) groups is 2. The number of fused-ring (bicyclic) bond motifs is 1. The zero-order chi connectivity index (χ0) is 15.7. The average Bonchev–Trinajstić information content (AvgIpc) is 2.97. The van der Waals surface area contributed by atoms with Crippen molar-refractivity contribution >= 4 is 17.1 Å². The SMILES string of the molecule is N#CCCn1cccc1C1=CC(=O)c2cccc(O)c2C1=O. The lowest BCUT2D eigenvalue weighted by Gasteiger charge is -2.17. The number of nitriles is 1. The van der Waals surface area contributed by atoms with Gasteiger partial charge in [0.25, 0.3) is 0 Å². The number of phenols is 1. The summed E-state index contributed by atoms with van der Waals surface area (Å²) in [6.07, 6.45) is 3.35. The molecule has 1 aliphatic carbocycles. The number of Topliss-reactive ketones (excluding diaryl/α,β-unsaturated/α-hetero) is 1. The predicted octanol–water partition coefficient (Wildman–Crippen LogP) is 2.57. The number of ketones is 2. The van der Waals surface area contributed by atoms with Crippen LogP contribution in [0.2, 0.25) is 0 Å². The van der Waals surface area contributed by atoms with Crippen molar-refractivity contribution in [2.45, 2.75) is 13.0 Å². The number of hydrogen-bond acceptors (Lipinski definition) is 4. The summed E-state index contributed by atoms with van der Waals surface area (Å²) in [5.41, 5.74) is 1.06. The largest absolute Gasteiger partial charge is 0.507 e. The molecule has 108 valence electrons. The number of nitrogens with zero attached hydrogens (tertiary/aromatic N) is 2. The number of aromatic nitrogens is 1. The number of benzene rings is 1. The third-order valence-corrected chi connectivity index (χ3v) is 3.63. The normalized spacial score (nSPS) is 13.5. The fourth-order valence-electron chi connectivity index (χ4n) is 2.61. The van der Waals surface area contributed by atoms with Crippen LogP contribution in [-0.4, -0.2) is 21.2 Å². The van der Waals surface area contributed by atoms with E-state index in [1.165, 1.54) is 24.3 Å². The molecule has 0 radical (unpaired) electrons. The highest BCUT2D eigenvalue weighted by molar-refractivity contribution is 6.39. The van der Waals surface area contributed by atoms with Gasteiger partial charge in [0.15, 0.2) is 11.6 Å². The molecule has 5 nitrogen and oxygen atoms in total. The lowest BCUT2D eigenvalue weighted by atomic mass is 9.87. The Bertz CT molecular complexity index is 853. The first-order chi connectivity index (χ1) is 10.6. The predicted molar refractivity (Wildman–Crippen MR) is 79.4 cm³/mol. The van der Waals surface area contributed by atoms with E-state index < -0.39 is 0 Å². The summed E-state index contributed by atoms with van der Waals surface area (Å²) < 4.78 is 1.76. The van der Waals surface area contributed by atoms with Crippen molar-refractivity contribution in [1.29, 1.82) is 5.26 Å². The van der Waals surface area contributed by atoms with E-state index in [0.717, 1.165) is 0 Å². The van der Waals surface area contributed by atoms with Crippen molar-refractivity contribution < 1.29 is 14.7 Å². The molecule has 0 saturated heterocycles. The Balaban J connectivity index is 2.09. The summed E-state index contributed by atoms with van der Waals surface area (Å²) in [6, 6.07) is 9.98. The molecule has 0 amide bonds. The molecule has 1 aromatic carbocycles. The van der Waals surface area contributed by atoms with Gasteiger partial charge in [0.05, 0.1) is 29.3 Å². The number of hydrogen-bond donors (Lipinski definition) is 1. The fraction of sp³-hybridized carbons (Fsp3) is 0.118. The average molecular weight is 292 g/mol. The number of aromatic hydroxyl groups is 1. The van der Waals surface area contributed by atoms with Gasteiger partial charge in [-0.15, -0.1) is 0 Å². The second-order valence-electron chi connectivity index (χ2n) is 4.95. The van der Waals surface area contributed by atoms with Crippen LogP contribution in [0.5, 0.6) is 5.75 Å². The Labute approximate surface area is 126 Å². The first-order valence-electron chi connectivity index (χ1n) is 6.78. The van der Waals surface area contributed by atoms with Crippen LogP contribution in [0, 0.1) is 11.3 Å². The zero-order valence-electron chi connectivity index (χ0n) is 11.6. The Morgan fingerprint density at radius 2 is 2.00 bits per heavy atom. The van der Waals surface area contributed by atoms with Gasteiger partial charge in [-0.3, -0.25) is 9.59 Å². The summed E-state index contributed by atoms with van der Waals surface area (Å²) in [4.78, 5) is 24.9. The first kappa shape index (κ1) is 13.8. The molecule has 1 aliphatic rings. The van der Waals surface area contributed by atoms with Crippen LogP contribution in [-0.2, 0) is 6.54 Å². The molecule has 0 atom stereocenters. The van der Waals surface area contributed by atoms with E-state index in [9.17, 15) is 14.7 Å². The molecule has 0 saturated carbocycles. The van der Waals surface area contributed by atoms with Crippen LogP contribution in [0.3, 0.4) is 0 Å². The van der Waals surface area contributed by atoms with Crippen LogP contribution < -0.4 is 0 Å². The molecule has 0 fully saturated rings. The minimum absolute atomic E-state index is 0.0398. The van der Waals surface area contributed by atoms with Crippen LogP contribution in [0.4, 0.5) is 0 Å². The topological polar surface area (TPSA) is 83.1 Å². The standard InChI is InChI=1S/C17H12N2O3/c18-7-3-9-19-8-2-5-13(19)12-10-15(21)11-4-1-6-14(20)16(11)17(12)22/h1-2,4-6,8,10,20H,3,9H2. The Morgan fingerprint density at radius 3 is 2.77 bits per heavy atom. The van der Waals surface area contributed by atoms with Crippen molar-refractivity contribution in [3.8, 4) is 11.8 Å². The van der Waals surface area contributed by atoms with Crippen molar-refractivity contribution in [2.24, 2.45) is 0 Å². The summed E-state index contributed by atoms with van der Waals surface area (Å²) in [7, 11) is 0. The molecule has 0 unspecified atom stereocenters. The van der Waals surface area contributed by atoms with E-state index in [1.807, 2.05) is 6.07 Å². The van der Waals surface area contributed by atoms with E-state index in [0.29, 0.717) is 18.7 Å². The molecule has 3 rings (SSSR count). The maximum absolute atomic E-state index is 12.6. The Hall–Kier alpha value is -3.13. The van der Waals surface area contributed by atoms with Gasteiger partial charge in [-0.1, -0.05) is 12.1 Å². The van der Waals surface area contributed by atoms with Gasteiger partial charge in [0.2, 0.25) is 0 Å². The molecule has 2 aromatic rings. The highest BCUT2D eigenvalue weighted by Crippen LogP contribution is 2.33. The van der Waals surface area contributed by atoms with Gasteiger partial charge < -0.3 is 9.67 Å². The van der Waals surface area contributed by atoms with Crippen molar-refractivity contribution in [1.82, 2.24) is 4.57 Å². The third kappa shape index (κ3) is 2.11. The molecule has 0 spiro atoms. The molecule has 5 heteroatoms. The van der Waals surface area contributed by atoms with Crippen molar-refractivity contribution in [3.05, 3.63) is 59.4 Å². The fourth-order valence-corrected chi connectivity index (χ4v) is 2.61. The van der Waals surface area contributed by atoms with Gasteiger partial charge in [0, 0.05) is 18.3 Å². The van der Waals surface area contributed by atoms with Gasteiger partial charge in [-0.2, -0.15) is 5.26 Å². The molecule has 1 aromatic heterocycles. The van der Waals surface area contributed by atoms with E-state index in [2.05, 4.69) is 0 Å². The molecular formula is C17H12N2O3. The number of rotatable bonds is 3. The summed E-state index contributed by atoms with van der Waals surface area (Å²) in [5, 5.41) is 18.6. The minimum Gasteiger partial charge on any atom is -0.507 e. The minimum atomic E-state index is -0.385. The lowest BCUT2D eigenvalue weighted by molar-refractivity contribution is 0.0999. The Kier molecular flexibility index (Phi) is 3.36. The number of allylic oxidation sites excluding steroid dienone is 2. The van der Waals surface area contributed by atoms with E-state index in [-0.39, 0.29) is 34.0 Å². The van der Waals surface area contributed by atoms with Gasteiger partial charge in [-0.05, 0) is 24.3 Å². The van der Waals surface area contributed by atoms with Gasteiger partial charge in [-0.25, -0.2) is 0 Å². The van der Waals surface area contributed by atoms with Crippen LogP contribution >= 0.6 is 0 Å². The third-order valence-electron chi connectivity index (χ3n) is 3.63. The number of aryl methyl sites for hydroxylation is 1.